The van der Waals surface area contributed by atoms with Gasteiger partial charge in [-0.15, -0.1) is 0 Å². The Morgan fingerprint density at radius 2 is 1.88 bits per heavy atom. The zero-order valence-corrected chi connectivity index (χ0v) is 24.4. The number of nitrogens with two attached hydrogens (primary N) is 1. The van der Waals surface area contributed by atoms with Crippen molar-refractivity contribution in [2.75, 3.05) is 0 Å². The zero-order chi connectivity index (χ0) is 29.5. The highest BCUT2D eigenvalue weighted by Gasteiger charge is 2.68. The van der Waals surface area contributed by atoms with E-state index in [0.29, 0.717) is 24.1 Å². The minimum Gasteiger partial charge on any atom is -0.449 e. The Labute approximate surface area is 246 Å². The van der Waals surface area contributed by atoms with Crippen LogP contribution in [0.15, 0.2) is 59.6 Å². The molecule has 0 radical (unpaired) electrons. The molecule has 3 N–H and O–H groups in total. The van der Waals surface area contributed by atoms with Crippen molar-refractivity contribution in [3.63, 3.8) is 0 Å². The van der Waals surface area contributed by atoms with E-state index < -0.39 is 30.5 Å². The number of aryl methyl sites for hydroxylation is 1. The smallest absolute Gasteiger partial charge is 0.449 e. The van der Waals surface area contributed by atoms with Gasteiger partial charge in [0, 0.05) is 18.8 Å². The lowest BCUT2D eigenvalue weighted by atomic mass is 9.43. The maximum atomic E-state index is 14.1. The van der Waals surface area contributed by atoms with Crippen LogP contribution in [0.4, 0.5) is 0 Å². The predicted molar refractivity (Wildman–Crippen MR) is 155 cm³/mol. The van der Waals surface area contributed by atoms with Crippen LogP contribution in [-0.4, -0.2) is 51.5 Å². The molecular formula is C31H38BN5O5. The normalized spacial score (nSPS) is 27.0. The molecule has 0 unspecified atom stereocenters. The number of carbonyl (C=O) groups excluding carboxylic acids is 2. The number of nitrogens with one attached hydrogen (secondary N) is 1. The summed E-state index contributed by atoms with van der Waals surface area (Å²) in [7, 11) is -0.602. The molecule has 2 bridgehead atoms. The molecule has 3 saturated carbocycles. The van der Waals surface area contributed by atoms with Gasteiger partial charge in [-0.25, -0.2) is 9.97 Å². The Kier molecular flexibility index (Phi) is 7.65. The summed E-state index contributed by atoms with van der Waals surface area (Å²) in [6, 6.07) is 10.3. The monoisotopic (exact) mass is 571 g/mol. The van der Waals surface area contributed by atoms with Gasteiger partial charge < -0.3 is 24.8 Å². The molecule has 7 rings (SSSR count). The van der Waals surface area contributed by atoms with Crippen molar-refractivity contribution in [1.29, 1.82) is 0 Å². The standard InChI is InChI=1S/C31H38BN5O5/c1-30(2)20-16-22(30)31(3)23(17-20)41-32(42-31)24(11-7-10-19-8-5-4-6-9-19)37-29(39)21(18-25-34-14-15-40-25)26-27(28(33)38)36-13-12-35-26/h4-6,8-9,12-15,20-24H,7,10-11,16-18H2,1-3H3,(H2,33,38)(H,37,39)/t20-,21-,22-,23+,24-,31-/m0/s1. The molecule has 3 heterocycles. The second kappa shape index (κ2) is 11.3. The molecule has 3 aliphatic carbocycles. The molecule has 1 aromatic carbocycles. The van der Waals surface area contributed by atoms with Crippen LogP contribution in [0, 0.1) is 17.3 Å². The second-order valence-electron chi connectivity index (χ2n) is 12.7. The Bertz CT molecular complexity index is 1420. The fourth-order valence-corrected chi connectivity index (χ4v) is 7.44. The number of hydrogen-bond acceptors (Lipinski definition) is 8. The molecule has 4 aliphatic rings. The van der Waals surface area contributed by atoms with Crippen LogP contribution in [0.25, 0.3) is 0 Å². The van der Waals surface area contributed by atoms with E-state index in [9.17, 15) is 9.59 Å². The van der Waals surface area contributed by atoms with Crippen molar-refractivity contribution in [3.05, 3.63) is 78.0 Å². The number of carbonyl (C=O) groups is 2. The molecule has 1 aliphatic heterocycles. The van der Waals surface area contributed by atoms with Crippen molar-refractivity contribution < 1.29 is 23.3 Å². The number of primary amides is 1. The van der Waals surface area contributed by atoms with Crippen molar-refractivity contribution >= 4 is 18.9 Å². The van der Waals surface area contributed by atoms with Crippen molar-refractivity contribution in [2.24, 2.45) is 23.0 Å². The minimum absolute atomic E-state index is 0.0163. The molecule has 2 aromatic heterocycles. The highest BCUT2D eigenvalue weighted by Crippen LogP contribution is 2.65. The van der Waals surface area contributed by atoms with E-state index in [1.54, 1.807) is 0 Å². The highest BCUT2D eigenvalue weighted by molar-refractivity contribution is 6.47. The Hall–Kier alpha value is -3.57. The Balaban J connectivity index is 1.26. The van der Waals surface area contributed by atoms with Crippen LogP contribution in [0.2, 0.25) is 0 Å². The molecule has 220 valence electrons. The molecule has 4 fully saturated rings. The number of benzene rings is 1. The van der Waals surface area contributed by atoms with Crippen LogP contribution in [0.5, 0.6) is 0 Å². The summed E-state index contributed by atoms with van der Waals surface area (Å²) >= 11 is 0. The molecule has 3 aromatic rings. The molecule has 10 nitrogen and oxygen atoms in total. The largest absolute Gasteiger partial charge is 0.481 e. The summed E-state index contributed by atoms with van der Waals surface area (Å²) < 4.78 is 18.9. The third kappa shape index (κ3) is 5.24. The quantitative estimate of drug-likeness (QED) is 0.332. The molecule has 2 amide bonds. The van der Waals surface area contributed by atoms with E-state index in [1.165, 1.54) is 30.4 Å². The van der Waals surface area contributed by atoms with E-state index in [-0.39, 0.29) is 35.2 Å². The van der Waals surface area contributed by atoms with E-state index >= 15 is 0 Å². The second-order valence-corrected chi connectivity index (χ2v) is 12.7. The van der Waals surface area contributed by atoms with Gasteiger partial charge in [0.2, 0.25) is 5.91 Å². The lowest BCUT2D eigenvalue weighted by molar-refractivity contribution is -0.199. The molecule has 1 saturated heterocycles. The third-order valence-electron chi connectivity index (χ3n) is 9.92. The number of nitrogens with zero attached hydrogens (tertiary/aromatic N) is 3. The molecular weight excluding hydrogens is 533 g/mol. The van der Waals surface area contributed by atoms with Crippen molar-refractivity contribution in [3.8, 4) is 0 Å². The molecule has 6 atom stereocenters. The molecule has 42 heavy (non-hydrogen) atoms. The first-order valence-corrected chi connectivity index (χ1v) is 14.8. The van der Waals surface area contributed by atoms with Crippen LogP contribution in [-0.2, 0) is 26.9 Å². The third-order valence-corrected chi connectivity index (χ3v) is 9.92. The lowest BCUT2D eigenvalue weighted by Crippen LogP contribution is -2.65. The van der Waals surface area contributed by atoms with Gasteiger partial charge in [-0.05, 0) is 61.8 Å². The van der Waals surface area contributed by atoms with Gasteiger partial charge in [0.25, 0.3) is 5.91 Å². The number of hydrogen-bond donors (Lipinski definition) is 2. The average molecular weight is 571 g/mol. The van der Waals surface area contributed by atoms with E-state index in [2.05, 4.69) is 53.2 Å². The van der Waals surface area contributed by atoms with E-state index in [4.69, 9.17) is 19.5 Å². The zero-order valence-electron chi connectivity index (χ0n) is 24.4. The highest BCUT2D eigenvalue weighted by atomic mass is 16.7. The van der Waals surface area contributed by atoms with Crippen molar-refractivity contribution in [1.82, 2.24) is 20.3 Å². The number of oxazole rings is 1. The number of aromatic nitrogens is 3. The van der Waals surface area contributed by atoms with E-state index in [0.717, 1.165) is 25.7 Å². The summed E-state index contributed by atoms with van der Waals surface area (Å²) in [6.45, 7) is 6.83. The van der Waals surface area contributed by atoms with E-state index in [1.807, 2.05) is 18.2 Å². The van der Waals surface area contributed by atoms with Gasteiger partial charge in [0.05, 0.1) is 35.5 Å². The van der Waals surface area contributed by atoms with Crippen LogP contribution in [0.3, 0.4) is 0 Å². The topological polar surface area (TPSA) is 142 Å². The fraction of sp³-hybridized carbons (Fsp3) is 0.516. The van der Waals surface area contributed by atoms with Crippen molar-refractivity contribution in [2.45, 2.75) is 82.9 Å². The Morgan fingerprint density at radius 3 is 2.60 bits per heavy atom. The predicted octanol–water partition coefficient (Wildman–Crippen LogP) is 3.67. The summed E-state index contributed by atoms with van der Waals surface area (Å²) in [5, 5.41) is 3.22. The SMILES string of the molecule is CC1(C)[C@@H]2C[C@H]3OB([C@H](CCCc4ccccc4)NC(=O)[C@@H](Cc4ncco4)c4nccnc4C(N)=O)O[C@@]3(C)[C@H]1C2. The van der Waals surface area contributed by atoms with Crippen LogP contribution >= 0.6 is 0 Å². The summed E-state index contributed by atoms with van der Waals surface area (Å²) in [5.74, 6) is -1.10. The Morgan fingerprint density at radius 1 is 1.10 bits per heavy atom. The maximum absolute atomic E-state index is 14.1. The summed E-state index contributed by atoms with van der Waals surface area (Å²) in [6.07, 6.45) is 10.3. The van der Waals surface area contributed by atoms with Gasteiger partial charge in [-0.2, -0.15) is 0 Å². The van der Waals surface area contributed by atoms with Gasteiger partial charge in [-0.1, -0.05) is 44.2 Å². The van der Waals surface area contributed by atoms with Gasteiger partial charge in [-0.3, -0.25) is 14.6 Å². The first-order chi connectivity index (χ1) is 20.2. The van der Waals surface area contributed by atoms with Crippen LogP contribution in [0.1, 0.15) is 80.0 Å². The van der Waals surface area contributed by atoms with Gasteiger partial charge in [0.15, 0.2) is 5.89 Å². The molecule has 11 heteroatoms. The summed E-state index contributed by atoms with van der Waals surface area (Å²) in [4.78, 5) is 39.0. The first-order valence-electron chi connectivity index (χ1n) is 14.8. The van der Waals surface area contributed by atoms with Gasteiger partial charge in [0.1, 0.15) is 12.0 Å². The first kappa shape index (κ1) is 28.5. The minimum atomic E-state index is -0.914. The molecule has 0 spiro atoms. The fourth-order valence-electron chi connectivity index (χ4n) is 7.44. The maximum Gasteiger partial charge on any atom is 0.481 e. The number of rotatable bonds is 11. The van der Waals surface area contributed by atoms with Gasteiger partial charge >= 0.3 is 7.12 Å². The average Bonchev–Trinajstić information content (AvgIpc) is 3.62. The van der Waals surface area contributed by atoms with Crippen LogP contribution < -0.4 is 11.1 Å². The number of amides is 2. The summed E-state index contributed by atoms with van der Waals surface area (Å²) in [5.41, 5.74) is 6.76. The lowest BCUT2D eigenvalue weighted by Gasteiger charge is -2.64.